The first-order valence-electron chi connectivity index (χ1n) is 7.51. The van der Waals surface area contributed by atoms with Crippen LogP contribution in [0, 0.1) is 17.1 Å². The number of anilines is 3. The highest BCUT2D eigenvalue weighted by Crippen LogP contribution is 2.31. The highest BCUT2D eigenvalue weighted by atomic mass is 19.4. The normalized spacial score (nSPS) is 11.3. The largest absolute Gasteiger partial charge is 0.433 e. The maximum Gasteiger partial charge on any atom is 0.433 e. The molecule has 1 aromatic carbocycles. The number of alkyl halides is 3. The van der Waals surface area contributed by atoms with Crippen molar-refractivity contribution in [2.24, 2.45) is 0 Å². The lowest BCUT2D eigenvalue weighted by Crippen LogP contribution is -2.22. The van der Waals surface area contributed by atoms with Gasteiger partial charge in [0.15, 0.2) is 5.69 Å². The number of benzene rings is 1. The number of hydrogen-bond donors (Lipinski definition) is 2. The van der Waals surface area contributed by atoms with E-state index in [-0.39, 0.29) is 23.0 Å². The molecular weight excluding hydrogens is 352 g/mol. The van der Waals surface area contributed by atoms with Crippen molar-refractivity contribution in [2.45, 2.75) is 6.18 Å². The van der Waals surface area contributed by atoms with Crippen molar-refractivity contribution in [3.05, 3.63) is 41.3 Å². The lowest BCUT2D eigenvalue weighted by molar-refractivity contribution is -0.141. The molecule has 0 atom stereocenters. The van der Waals surface area contributed by atoms with E-state index in [9.17, 15) is 17.6 Å². The fourth-order valence-corrected chi connectivity index (χ4v) is 2.01. The van der Waals surface area contributed by atoms with Crippen molar-refractivity contribution in [2.75, 3.05) is 37.8 Å². The van der Waals surface area contributed by atoms with Crippen LogP contribution in [0.25, 0.3) is 0 Å². The molecule has 0 aliphatic heterocycles. The van der Waals surface area contributed by atoms with Crippen LogP contribution in [0.15, 0.2) is 24.3 Å². The van der Waals surface area contributed by atoms with Crippen molar-refractivity contribution in [3.8, 4) is 6.07 Å². The summed E-state index contributed by atoms with van der Waals surface area (Å²) < 4.78 is 52.9. The molecule has 26 heavy (non-hydrogen) atoms. The van der Waals surface area contributed by atoms with Gasteiger partial charge >= 0.3 is 6.18 Å². The molecule has 0 saturated carbocycles. The molecule has 2 N–H and O–H groups in total. The van der Waals surface area contributed by atoms with Gasteiger partial charge in [-0.25, -0.2) is 9.37 Å². The van der Waals surface area contributed by atoms with E-state index in [0.29, 0.717) is 19.2 Å². The van der Waals surface area contributed by atoms with Gasteiger partial charge in [0.25, 0.3) is 0 Å². The zero-order chi connectivity index (χ0) is 19.3. The van der Waals surface area contributed by atoms with Crippen molar-refractivity contribution < 1.29 is 17.6 Å². The Morgan fingerprint density at radius 3 is 2.58 bits per heavy atom. The van der Waals surface area contributed by atoms with Gasteiger partial charge in [0, 0.05) is 19.2 Å². The number of nitrogens with zero attached hydrogens (tertiary/aromatic N) is 4. The second-order valence-electron chi connectivity index (χ2n) is 5.59. The molecule has 0 bridgehead atoms. The van der Waals surface area contributed by atoms with Gasteiger partial charge in [-0.2, -0.15) is 23.4 Å². The smallest absolute Gasteiger partial charge is 0.353 e. The van der Waals surface area contributed by atoms with Crippen molar-refractivity contribution in [3.63, 3.8) is 0 Å². The molecule has 0 spiro atoms. The number of nitriles is 1. The molecule has 10 heteroatoms. The highest BCUT2D eigenvalue weighted by Gasteiger charge is 2.33. The van der Waals surface area contributed by atoms with Gasteiger partial charge in [0.2, 0.25) is 5.95 Å². The molecule has 6 nitrogen and oxygen atoms in total. The molecule has 0 radical (unpaired) electrons. The second kappa shape index (κ2) is 7.97. The van der Waals surface area contributed by atoms with Gasteiger partial charge < -0.3 is 15.5 Å². The molecule has 2 rings (SSSR count). The summed E-state index contributed by atoms with van der Waals surface area (Å²) in [4.78, 5) is 9.26. The lowest BCUT2D eigenvalue weighted by atomic mass is 10.2. The molecule has 138 valence electrons. The summed E-state index contributed by atoms with van der Waals surface area (Å²) >= 11 is 0. The van der Waals surface area contributed by atoms with E-state index in [2.05, 4.69) is 20.6 Å². The summed E-state index contributed by atoms with van der Waals surface area (Å²) in [6.07, 6.45) is -4.68. The van der Waals surface area contributed by atoms with E-state index in [0.717, 1.165) is 6.07 Å². The number of rotatable bonds is 6. The third-order valence-corrected chi connectivity index (χ3v) is 3.25. The third-order valence-electron chi connectivity index (χ3n) is 3.25. The Bertz CT molecular complexity index is 813. The van der Waals surface area contributed by atoms with Crippen molar-refractivity contribution in [1.82, 2.24) is 14.9 Å². The zero-order valence-electron chi connectivity index (χ0n) is 14.0. The van der Waals surface area contributed by atoms with E-state index in [4.69, 9.17) is 5.26 Å². The molecule has 0 amide bonds. The summed E-state index contributed by atoms with van der Waals surface area (Å²) in [5, 5.41) is 14.3. The summed E-state index contributed by atoms with van der Waals surface area (Å²) in [5.41, 5.74) is -1.46. The second-order valence-corrected chi connectivity index (χ2v) is 5.59. The van der Waals surface area contributed by atoms with Crippen LogP contribution < -0.4 is 10.6 Å². The van der Waals surface area contributed by atoms with E-state index < -0.39 is 17.7 Å². The molecule has 1 heterocycles. The standard InChI is InChI=1S/C16H16F4N6/c1-26(2)7-6-22-15-24-13(16(18,19)20)8-14(25-15)23-12-5-3-4-11(17)10(12)9-21/h3-5,8H,6-7H2,1-2H3,(H2,22,23,24,25). The number of likely N-dealkylation sites (N-methyl/N-ethyl adjacent to an activating group) is 1. The van der Waals surface area contributed by atoms with Gasteiger partial charge in [-0.05, 0) is 26.2 Å². The fourth-order valence-electron chi connectivity index (χ4n) is 2.01. The van der Waals surface area contributed by atoms with Crippen LogP contribution in [0.2, 0.25) is 0 Å². The van der Waals surface area contributed by atoms with E-state index in [1.807, 2.05) is 19.0 Å². The van der Waals surface area contributed by atoms with Gasteiger partial charge in [-0.1, -0.05) is 6.07 Å². The van der Waals surface area contributed by atoms with E-state index in [1.165, 1.54) is 12.1 Å². The average molecular weight is 368 g/mol. The Kier molecular flexibility index (Phi) is 5.94. The van der Waals surface area contributed by atoms with Gasteiger partial charge in [-0.15, -0.1) is 0 Å². The van der Waals surface area contributed by atoms with Crippen LogP contribution >= 0.6 is 0 Å². The molecule has 2 aromatic rings. The van der Waals surface area contributed by atoms with Crippen molar-refractivity contribution in [1.29, 1.82) is 5.26 Å². The van der Waals surface area contributed by atoms with Crippen molar-refractivity contribution >= 4 is 17.5 Å². The van der Waals surface area contributed by atoms with Gasteiger partial charge in [-0.3, -0.25) is 0 Å². The molecule has 0 fully saturated rings. The Balaban J connectivity index is 2.35. The van der Waals surface area contributed by atoms with Crippen LogP contribution in [-0.2, 0) is 6.18 Å². The SMILES string of the molecule is CN(C)CCNc1nc(Nc2cccc(F)c2C#N)cc(C(F)(F)F)n1. The number of halogens is 4. The summed E-state index contributed by atoms with van der Waals surface area (Å²) in [6, 6.07) is 6.15. The Morgan fingerprint density at radius 2 is 1.96 bits per heavy atom. The quantitative estimate of drug-likeness (QED) is 0.763. The first-order chi connectivity index (χ1) is 12.2. The zero-order valence-corrected chi connectivity index (χ0v) is 14.0. The Hall–Kier alpha value is -2.93. The predicted octanol–water partition coefficient (Wildman–Crippen LogP) is 3.22. The minimum Gasteiger partial charge on any atom is -0.353 e. The van der Waals surface area contributed by atoms with E-state index >= 15 is 0 Å². The van der Waals surface area contributed by atoms with Crippen LogP contribution in [0.5, 0.6) is 0 Å². The fraction of sp³-hybridized carbons (Fsp3) is 0.312. The van der Waals surface area contributed by atoms with Crippen LogP contribution in [0.4, 0.5) is 35.0 Å². The molecule has 0 aliphatic rings. The predicted molar refractivity (Wildman–Crippen MR) is 88.5 cm³/mol. The highest BCUT2D eigenvalue weighted by molar-refractivity contribution is 5.65. The van der Waals surface area contributed by atoms with Gasteiger partial charge in [0.05, 0.1) is 5.69 Å². The number of aromatic nitrogens is 2. The van der Waals surface area contributed by atoms with Crippen LogP contribution in [0.3, 0.4) is 0 Å². The van der Waals surface area contributed by atoms with Crippen LogP contribution in [-0.4, -0.2) is 42.1 Å². The number of nitrogens with one attached hydrogen (secondary N) is 2. The topological polar surface area (TPSA) is 76.9 Å². The maximum atomic E-state index is 13.7. The maximum absolute atomic E-state index is 13.7. The monoisotopic (exact) mass is 368 g/mol. The number of hydrogen-bond acceptors (Lipinski definition) is 6. The third kappa shape index (κ3) is 5.03. The molecule has 1 aromatic heterocycles. The minimum atomic E-state index is -4.68. The average Bonchev–Trinajstić information content (AvgIpc) is 2.54. The minimum absolute atomic E-state index is 0.0126. The molecule has 0 saturated heterocycles. The summed E-state index contributed by atoms with van der Waals surface area (Å²) in [7, 11) is 3.63. The Morgan fingerprint density at radius 1 is 1.23 bits per heavy atom. The summed E-state index contributed by atoms with van der Waals surface area (Å²) in [5.74, 6) is -1.22. The first kappa shape index (κ1) is 19.4. The van der Waals surface area contributed by atoms with E-state index in [1.54, 1.807) is 6.07 Å². The molecule has 0 unspecified atom stereocenters. The lowest BCUT2D eigenvalue weighted by Gasteiger charge is -2.14. The summed E-state index contributed by atoms with van der Waals surface area (Å²) in [6.45, 7) is 0.891. The van der Waals surface area contributed by atoms with Crippen LogP contribution in [0.1, 0.15) is 11.3 Å². The first-order valence-corrected chi connectivity index (χ1v) is 7.51. The van der Waals surface area contributed by atoms with Gasteiger partial charge in [0.1, 0.15) is 23.3 Å². The Labute approximate surface area is 147 Å². The molecular formula is C16H16F4N6. The molecule has 0 aliphatic carbocycles.